The maximum absolute atomic E-state index is 12.2. The zero-order valence-electron chi connectivity index (χ0n) is 14.9. The van der Waals surface area contributed by atoms with Gasteiger partial charge in [0.05, 0.1) is 0 Å². The summed E-state index contributed by atoms with van der Waals surface area (Å²) < 4.78 is 2.08. The van der Waals surface area contributed by atoms with Crippen LogP contribution in [0, 0.1) is 5.92 Å². The number of aromatic nitrogens is 3. The van der Waals surface area contributed by atoms with Crippen LogP contribution in [0.15, 0.2) is 48.7 Å². The molecule has 0 bridgehead atoms. The number of para-hydroxylation sites is 1. The van der Waals surface area contributed by atoms with Crippen molar-refractivity contribution in [2.45, 2.75) is 38.5 Å². The van der Waals surface area contributed by atoms with Gasteiger partial charge in [-0.15, -0.1) is 0 Å². The number of pyridine rings is 1. The molecule has 0 saturated heterocycles. The van der Waals surface area contributed by atoms with Crippen molar-refractivity contribution in [3.63, 3.8) is 0 Å². The van der Waals surface area contributed by atoms with Gasteiger partial charge < -0.3 is 5.32 Å². The first-order valence-corrected chi connectivity index (χ1v) is 9.46. The lowest BCUT2D eigenvalue weighted by molar-refractivity contribution is -0.121. The van der Waals surface area contributed by atoms with Gasteiger partial charge in [0, 0.05) is 31.3 Å². The number of hydrogen-bond acceptors (Lipinski definition) is 3. The van der Waals surface area contributed by atoms with E-state index in [2.05, 4.69) is 27.0 Å². The van der Waals surface area contributed by atoms with Gasteiger partial charge in [0.1, 0.15) is 11.3 Å². The molecule has 1 aliphatic carbocycles. The number of nitrogens with zero attached hydrogens (tertiary/aromatic N) is 3. The van der Waals surface area contributed by atoms with Crippen molar-refractivity contribution in [2.24, 2.45) is 5.92 Å². The summed E-state index contributed by atoms with van der Waals surface area (Å²) in [5, 5.41) is 3.07. The highest BCUT2D eigenvalue weighted by Gasteiger charge is 2.18. The molecule has 1 amide bonds. The molecular formula is C21H24N4O. The minimum atomic E-state index is 0.164. The minimum absolute atomic E-state index is 0.164. The normalized spacial score (nSPS) is 14.8. The van der Waals surface area contributed by atoms with Crippen molar-refractivity contribution in [3.8, 4) is 5.69 Å². The second-order valence-corrected chi connectivity index (χ2v) is 7.00. The molecule has 5 heteroatoms. The van der Waals surface area contributed by atoms with Crippen LogP contribution in [0.3, 0.4) is 0 Å². The number of benzene rings is 1. The number of nitrogens with one attached hydrogen (secondary N) is 1. The Morgan fingerprint density at radius 1 is 1.12 bits per heavy atom. The second-order valence-electron chi connectivity index (χ2n) is 7.00. The largest absolute Gasteiger partial charge is 0.356 e. The van der Waals surface area contributed by atoms with E-state index in [9.17, 15) is 4.79 Å². The van der Waals surface area contributed by atoms with E-state index in [0.29, 0.717) is 25.3 Å². The molecule has 0 spiro atoms. The van der Waals surface area contributed by atoms with Crippen LogP contribution >= 0.6 is 0 Å². The molecule has 2 aromatic heterocycles. The Labute approximate surface area is 153 Å². The van der Waals surface area contributed by atoms with Gasteiger partial charge in [-0.3, -0.25) is 9.36 Å². The Morgan fingerprint density at radius 2 is 1.92 bits per heavy atom. The smallest absolute Gasteiger partial charge is 0.220 e. The molecule has 4 rings (SSSR count). The Kier molecular flexibility index (Phi) is 4.95. The summed E-state index contributed by atoms with van der Waals surface area (Å²) in [6.07, 6.45) is 8.07. The van der Waals surface area contributed by atoms with Crippen molar-refractivity contribution < 1.29 is 4.79 Å². The van der Waals surface area contributed by atoms with Crippen LogP contribution in [0.4, 0.5) is 0 Å². The van der Waals surface area contributed by atoms with Crippen molar-refractivity contribution in [3.05, 3.63) is 54.5 Å². The fourth-order valence-corrected chi connectivity index (χ4v) is 3.84. The summed E-state index contributed by atoms with van der Waals surface area (Å²) in [5.74, 6) is 1.66. The lowest BCUT2D eigenvalue weighted by Gasteiger charge is -2.11. The third-order valence-corrected chi connectivity index (χ3v) is 5.12. The second kappa shape index (κ2) is 7.68. The van der Waals surface area contributed by atoms with Crippen LogP contribution in [0.5, 0.6) is 0 Å². The highest BCUT2D eigenvalue weighted by molar-refractivity contribution is 5.76. The van der Waals surface area contributed by atoms with E-state index in [1.165, 1.54) is 25.7 Å². The number of fused-ring (bicyclic) bond motifs is 1. The van der Waals surface area contributed by atoms with E-state index in [4.69, 9.17) is 4.98 Å². The highest BCUT2D eigenvalue weighted by Crippen LogP contribution is 2.27. The minimum Gasteiger partial charge on any atom is -0.356 e. The zero-order valence-corrected chi connectivity index (χ0v) is 14.9. The van der Waals surface area contributed by atoms with Crippen LogP contribution in [0.25, 0.3) is 16.9 Å². The SMILES string of the molecule is O=C(CC1CCCC1)NCCc1nc2cccnc2n1-c1ccccc1. The lowest BCUT2D eigenvalue weighted by atomic mass is 10.0. The Bertz CT molecular complexity index is 881. The first-order chi connectivity index (χ1) is 12.8. The summed E-state index contributed by atoms with van der Waals surface area (Å²) in [6, 6.07) is 14.0. The van der Waals surface area contributed by atoms with Crippen LogP contribution < -0.4 is 5.32 Å². The standard InChI is InChI=1S/C21H24N4O/c26-20(15-16-7-4-5-8-16)22-14-12-19-24-18-11-6-13-23-21(18)25(19)17-9-2-1-3-10-17/h1-3,6,9-11,13,16H,4-5,7-8,12,14-15H2,(H,22,26). The van der Waals surface area contributed by atoms with Gasteiger partial charge in [0.15, 0.2) is 5.65 Å². The van der Waals surface area contributed by atoms with Crippen LogP contribution in [0.2, 0.25) is 0 Å². The average Bonchev–Trinajstić information content (AvgIpc) is 3.29. The predicted molar refractivity (Wildman–Crippen MR) is 102 cm³/mol. The summed E-state index contributed by atoms with van der Waals surface area (Å²) in [6.45, 7) is 0.599. The lowest BCUT2D eigenvalue weighted by Crippen LogP contribution is -2.27. The maximum atomic E-state index is 12.2. The Morgan fingerprint density at radius 3 is 2.73 bits per heavy atom. The molecule has 0 atom stereocenters. The molecule has 2 heterocycles. The van der Waals surface area contributed by atoms with E-state index < -0.39 is 0 Å². The molecular weight excluding hydrogens is 324 g/mol. The first kappa shape index (κ1) is 16.8. The number of carbonyl (C=O) groups is 1. The van der Waals surface area contributed by atoms with Gasteiger partial charge in [0.25, 0.3) is 0 Å². The van der Waals surface area contributed by atoms with Gasteiger partial charge in [-0.25, -0.2) is 9.97 Å². The predicted octanol–water partition coefficient (Wildman–Crippen LogP) is 3.66. The van der Waals surface area contributed by atoms with Crippen molar-refractivity contribution in [2.75, 3.05) is 6.54 Å². The summed E-state index contributed by atoms with van der Waals surface area (Å²) in [7, 11) is 0. The van der Waals surface area contributed by atoms with Crippen molar-refractivity contribution in [1.82, 2.24) is 19.9 Å². The van der Waals surface area contributed by atoms with Gasteiger partial charge in [0.2, 0.25) is 5.91 Å². The molecule has 5 nitrogen and oxygen atoms in total. The summed E-state index contributed by atoms with van der Waals surface area (Å²) in [5.41, 5.74) is 2.77. The Balaban J connectivity index is 1.48. The number of rotatable bonds is 6. The van der Waals surface area contributed by atoms with E-state index >= 15 is 0 Å². The van der Waals surface area contributed by atoms with Gasteiger partial charge in [-0.05, 0) is 43.0 Å². The monoisotopic (exact) mass is 348 g/mol. The number of amides is 1. The van der Waals surface area contributed by atoms with E-state index in [1.807, 2.05) is 30.3 Å². The molecule has 1 aromatic carbocycles. The van der Waals surface area contributed by atoms with Crippen molar-refractivity contribution in [1.29, 1.82) is 0 Å². The van der Waals surface area contributed by atoms with Crippen molar-refractivity contribution >= 4 is 17.1 Å². The maximum Gasteiger partial charge on any atom is 0.220 e. The summed E-state index contributed by atoms with van der Waals surface area (Å²) >= 11 is 0. The molecule has 134 valence electrons. The topological polar surface area (TPSA) is 59.8 Å². The number of carbonyl (C=O) groups excluding carboxylic acids is 1. The molecule has 1 aliphatic rings. The Hall–Kier alpha value is -2.69. The van der Waals surface area contributed by atoms with Crippen LogP contribution in [-0.4, -0.2) is 27.0 Å². The molecule has 1 N–H and O–H groups in total. The van der Waals surface area contributed by atoms with Gasteiger partial charge >= 0.3 is 0 Å². The average molecular weight is 348 g/mol. The van der Waals surface area contributed by atoms with E-state index in [1.54, 1.807) is 6.20 Å². The molecule has 0 radical (unpaired) electrons. The molecule has 1 saturated carbocycles. The molecule has 3 aromatic rings. The number of imidazole rings is 1. The third-order valence-electron chi connectivity index (χ3n) is 5.12. The fraction of sp³-hybridized carbons (Fsp3) is 0.381. The third kappa shape index (κ3) is 3.62. The van der Waals surface area contributed by atoms with E-state index in [0.717, 1.165) is 22.7 Å². The number of hydrogen-bond donors (Lipinski definition) is 1. The van der Waals surface area contributed by atoms with Gasteiger partial charge in [-0.2, -0.15) is 0 Å². The van der Waals surface area contributed by atoms with Gasteiger partial charge in [-0.1, -0.05) is 31.0 Å². The molecule has 26 heavy (non-hydrogen) atoms. The van der Waals surface area contributed by atoms with Crippen LogP contribution in [0.1, 0.15) is 37.9 Å². The first-order valence-electron chi connectivity index (χ1n) is 9.46. The van der Waals surface area contributed by atoms with Crippen LogP contribution in [-0.2, 0) is 11.2 Å². The quantitative estimate of drug-likeness (QED) is 0.739. The molecule has 0 aliphatic heterocycles. The zero-order chi connectivity index (χ0) is 17.8. The summed E-state index contributed by atoms with van der Waals surface area (Å²) in [4.78, 5) is 21.4. The molecule has 1 fully saturated rings. The highest BCUT2D eigenvalue weighted by atomic mass is 16.1. The van der Waals surface area contributed by atoms with E-state index in [-0.39, 0.29) is 5.91 Å². The molecule has 0 unspecified atom stereocenters. The fourth-order valence-electron chi connectivity index (χ4n) is 3.84.